The number of thiol groups is 1. The van der Waals surface area contributed by atoms with Gasteiger partial charge in [0.05, 0.1) is 17.7 Å². The lowest BCUT2D eigenvalue weighted by Gasteiger charge is -2.30. The zero-order valence-corrected chi connectivity index (χ0v) is 17.2. The van der Waals surface area contributed by atoms with Gasteiger partial charge in [0.25, 0.3) is 0 Å². The van der Waals surface area contributed by atoms with Crippen LogP contribution in [-0.2, 0) is 9.53 Å². The summed E-state index contributed by atoms with van der Waals surface area (Å²) in [5.41, 5.74) is 0.644. The molecule has 2 amide bonds. The summed E-state index contributed by atoms with van der Waals surface area (Å²) in [6.45, 7) is 7.64. The minimum Gasteiger partial charge on any atom is -0.444 e. The van der Waals surface area contributed by atoms with Crippen molar-refractivity contribution < 1.29 is 14.3 Å². The monoisotopic (exact) mass is 404 g/mol. The average molecular weight is 404 g/mol. The van der Waals surface area contributed by atoms with Gasteiger partial charge < -0.3 is 9.46 Å². The molecular formula is C18H24N6O3S. The van der Waals surface area contributed by atoms with Crippen LogP contribution >= 0.6 is 12.8 Å². The Kier molecular flexibility index (Phi) is 5.59. The molecule has 0 aliphatic carbocycles. The van der Waals surface area contributed by atoms with Gasteiger partial charge in [0, 0.05) is 24.6 Å². The number of aromatic nitrogens is 4. The van der Waals surface area contributed by atoms with Gasteiger partial charge in [0.15, 0.2) is 0 Å². The largest absolute Gasteiger partial charge is 0.444 e. The second-order valence-corrected chi connectivity index (χ2v) is 7.92. The molecule has 1 aliphatic heterocycles. The summed E-state index contributed by atoms with van der Waals surface area (Å²) in [5, 5.41) is 0. The number of carbonyl (C=O) groups excluding carboxylic acids is 2. The normalized spacial score (nSPS) is 19.5. The molecule has 0 spiro atoms. The number of hydrogen-bond acceptors (Lipinski definition) is 7. The number of imidazole rings is 1. The fraction of sp³-hybridized carbons (Fsp3) is 0.500. The first-order valence-corrected chi connectivity index (χ1v) is 9.42. The lowest BCUT2D eigenvalue weighted by Crippen LogP contribution is -2.39. The third-order valence-electron chi connectivity index (χ3n) is 4.37. The van der Waals surface area contributed by atoms with E-state index in [0.717, 1.165) is 5.69 Å². The Hall–Kier alpha value is -2.62. The summed E-state index contributed by atoms with van der Waals surface area (Å²) >= 11 is 3.90. The van der Waals surface area contributed by atoms with Crippen LogP contribution in [0.1, 0.15) is 44.6 Å². The number of aryl methyl sites for hydroxylation is 1. The molecule has 28 heavy (non-hydrogen) atoms. The molecule has 2 aromatic heterocycles. The minimum absolute atomic E-state index is 0.264. The van der Waals surface area contributed by atoms with Crippen LogP contribution in [0, 0.1) is 12.8 Å². The Morgan fingerprint density at radius 1 is 1.32 bits per heavy atom. The summed E-state index contributed by atoms with van der Waals surface area (Å²) < 4.78 is 9.61. The molecule has 1 fully saturated rings. The van der Waals surface area contributed by atoms with E-state index < -0.39 is 23.7 Å². The van der Waals surface area contributed by atoms with E-state index in [4.69, 9.17) is 4.74 Å². The summed E-state index contributed by atoms with van der Waals surface area (Å²) in [6.07, 6.45) is 4.96. The summed E-state index contributed by atoms with van der Waals surface area (Å²) in [6, 6.07) is 1.21. The highest BCUT2D eigenvalue weighted by Crippen LogP contribution is 2.38. The molecule has 10 heteroatoms. The smallest absolute Gasteiger partial charge is 0.410 e. The lowest BCUT2D eigenvalue weighted by atomic mass is 9.96. The minimum atomic E-state index is -0.644. The van der Waals surface area contributed by atoms with Crippen LogP contribution in [0.3, 0.4) is 0 Å². The van der Waals surface area contributed by atoms with E-state index >= 15 is 0 Å². The second-order valence-electron chi connectivity index (χ2n) is 7.69. The molecule has 0 radical (unpaired) electrons. The van der Waals surface area contributed by atoms with Gasteiger partial charge in [-0.05, 0) is 40.2 Å². The van der Waals surface area contributed by atoms with Gasteiger partial charge in [-0.1, -0.05) is 12.8 Å². The lowest BCUT2D eigenvalue weighted by molar-refractivity contribution is -0.123. The Morgan fingerprint density at radius 2 is 2.07 bits per heavy atom. The molecule has 2 aromatic rings. The Balaban J connectivity index is 2.02. The fourth-order valence-corrected chi connectivity index (χ4v) is 3.43. The SMILES string of the molecule is Cc1cc(C2C(C(=O)NS)CCN2C(=O)OC(C)(C)C)nc(-n2ccnc2)n1. The van der Waals surface area contributed by atoms with Crippen molar-refractivity contribution in [1.82, 2.24) is 29.1 Å². The number of nitrogens with one attached hydrogen (secondary N) is 1. The third kappa shape index (κ3) is 4.27. The number of carbonyl (C=O) groups is 2. The first-order valence-electron chi connectivity index (χ1n) is 8.97. The molecule has 1 N–H and O–H groups in total. The van der Waals surface area contributed by atoms with Gasteiger partial charge in [0.2, 0.25) is 11.9 Å². The predicted octanol–water partition coefficient (Wildman–Crippen LogP) is 2.23. The van der Waals surface area contributed by atoms with Gasteiger partial charge in [-0.3, -0.25) is 14.3 Å². The molecule has 1 saturated heterocycles. The molecule has 1 aliphatic rings. The van der Waals surface area contributed by atoms with E-state index in [-0.39, 0.29) is 5.91 Å². The van der Waals surface area contributed by atoms with Gasteiger partial charge in [-0.25, -0.2) is 19.7 Å². The van der Waals surface area contributed by atoms with Crippen molar-refractivity contribution >= 4 is 24.8 Å². The topological polar surface area (TPSA) is 102 Å². The Bertz CT molecular complexity index is 865. The van der Waals surface area contributed by atoms with E-state index in [2.05, 4.69) is 32.5 Å². The van der Waals surface area contributed by atoms with Gasteiger partial charge in [-0.2, -0.15) is 0 Å². The maximum absolute atomic E-state index is 12.8. The average Bonchev–Trinajstić information content (AvgIpc) is 3.28. The predicted molar refractivity (Wildman–Crippen MR) is 105 cm³/mol. The Labute approximate surface area is 169 Å². The molecule has 2 atom stereocenters. The van der Waals surface area contributed by atoms with E-state index in [0.29, 0.717) is 24.6 Å². The van der Waals surface area contributed by atoms with E-state index in [1.807, 2.05) is 6.92 Å². The molecule has 150 valence electrons. The number of nitrogens with zero attached hydrogens (tertiary/aromatic N) is 5. The van der Waals surface area contributed by atoms with Crippen LogP contribution in [0.2, 0.25) is 0 Å². The van der Waals surface area contributed by atoms with Gasteiger partial charge in [0.1, 0.15) is 11.9 Å². The van der Waals surface area contributed by atoms with Crippen LogP contribution in [0.25, 0.3) is 5.95 Å². The van der Waals surface area contributed by atoms with Crippen molar-refractivity contribution in [2.45, 2.75) is 45.8 Å². The first kappa shape index (κ1) is 20.1. The highest BCUT2D eigenvalue weighted by Gasteiger charge is 2.44. The molecule has 9 nitrogen and oxygen atoms in total. The molecule has 0 aromatic carbocycles. The second kappa shape index (κ2) is 7.78. The van der Waals surface area contributed by atoms with Crippen molar-refractivity contribution in [3.8, 4) is 5.95 Å². The summed E-state index contributed by atoms with van der Waals surface area (Å²) in [5.74, 6) is -0.330. The van der Waals surface area contributed by atoms with Crippen LogP contribution in [-0.4, -0.2) is 48.6 Å². The van der Waals surface area contributed by atoms with Crippen LogP contribution in [0.5, 0.6) is 0 Å². The van der Waals surface area contributed by atoms with Crippen LogP contribution in [0.4, 0.5) is 4.79 Å². The number of rotatable bonds is 3. The maximum atomic E-state index is 12.8. The van der Waals surface area contributed by atoms with E-state index in [1.165, 1.54) is 0 Å². The van der Waals surface area contributed by atoms with E-state index in [1.54, 1.807) is 55.0 Å². The van der Waals surface area contributed by atoms with Crippen molar-refractivity contribution in [3.63, 3.8) is 0 Å². The number of amides is 2. The number of likely N-dealkylation sites (tertiary alicyclic amines) is 1. The molecular weight excluding hydrogens is 380 g/mol. The highest BCUT2D eigenvalue weighted by atomic mass is 32.1. The van der Waals surface area contributed by atoms with Gasteiger partial charge >= 0.3 is 6.09 Å². The van der Waals surface area contributed by atoms with E-state index in [9.17, 15) is 9.59 Å². The number of ether oxygens (including phenoxy) is 1. The maximum Gasteiger partial charge on any atom is 0.410 e. The van der Waals surface area contributed by atoms with Crippen LogP contribution < -0.4 is 4.72 Å². The van der Waals surface area contributed by atoms with Crippen molar-refractivity contribution in [2.24, 2.45) is 5.92 Å². The molecule has 3 rings (SSSR count). The van der Waals surface area contributed by atoms with Crippen molar-refractivity contribution in [3.05, 3.63) is 36.2 Å². The Morgan fingerprint density at radius 3 is 2.68 bits per heavy atom. The molecule has 0 saturated carbocycles. The first-order chi connectivity index (χ1) is 13.2. The fourth-order valence-electron chi connectivity index (χ4n) is 3.26. The summed E-state index contributed by atoms with van der Waals surface area (Å²) in [7, 11) is 0. The summed E-state index contributed by atoms with van der Waals surface area (Å²) in [4.78, 5) is 39.8. The zero-order chi connectivity index (χ0) is 20.5. The van der Waals surface area contributed by atoms with Crippen molar-refractivity contribution in [1.29, 1.82) is 0 Å². The molecule has 2 unspecified atom stereocenters. The van der Waals surface area contributed by atoms with Gasteiger partial charge in [-0.15, -0.1) is 0 Å². The zero-order valence-electron chi connectivity index (χ0n) is 16.3. The number of hydrogen-bond donors (Lipinski definition) is 2. The van der Waals surface area contributed by atoms with Crippen molar-refractivity contribution in [2.75, 3.05) is 6.54 Å². The quantitative estimate of drug-likeness (QED) is 0.761. The highest BCUT2D eigenvalue weighted by molar-refractivity contribution is 7.78. The molecule has 3 heterocycles. The van der Waals surface area contributed by atoms with Crippen LogP contribution in [0.15, 0.2) is 24.8 Å². The third-order valence-corrected chi connectivity index (χ3v) is 4.59. The standard InChI is InChI=1S/C18H24N6O3S/c1-11-9-13(21-16(20-11)23-8-6-19-10-23)14-12(15(25)22-28)5-7-24(14)17(26)27-18(2,3)4/h6,8-10,12,14,28H,5,7H2,1-4H3,(H,22,25). The molecule has 0 bridgehead atoms.